The summed E-state index contributed by atoms with van der Waals surface area (Å²) in [7, 11) is 0. The Morgan fingerprint density at radius 1 is 1.25 bits per heavy atom. The van der Waals surface area contributed by atoms with Crippen molar-refractivity contribution in [3.63, 3.8) is 0 Å². The lowest BCUT2D eigenvalue weighted by Gasteiger charge is -2.35. The molecule has 1 unspecified atom stereocenters. The zero-order valence-corrected chi connectivity index (χ0v) is 20.1. The first kappa shape index (κ1) is 23.8. The van der Waals surface area contributed by atoms with Crippen LogP contribution < -0.4 is 21.6 Å². The van der Waals surface area contributed by atoms with Crippen LogP contribution in [-0.4, -0.2) is 63.4 Å². The van der Waals surface area contributed by atoms with Crippen molar-refractivity contribution in [1.82, 2.24) is 24.8 Å². The largest absolute Gasteiger partial charge is 0.396 e. The number of anilines is 1. The number of imidazole rings is 1. The van der Waals surface area contributed by atoms with Crippen molar-refractivity contribution in [1.29, 1.82) is 0 Å². The zero-order chi connectivity index (χ0) is 25.2. The Morgan fingerprint density at radius 3 is 2.78 bits per heavy atom. The number of carbonyl (C=O) groups excluding carboxylic acids is 1. The molecule has 2 aliphatic heterocycles. The van der Waals surface area contributed by atoms with Gasteiger partial charge in [0.05, 0.1) is 18.8 Å². The maximum absolute atomic E-state index is 13.3. The van der Waals surface area contributed by atoms with Crippen LogP contribution in [0.2, 0.25) is 0 Å². The van der Waals surface area contributed by atoms with Crippen molar-refractivity contribution in [3.8, 4) is 0 Å². The van der Waals surface area contributed by atoms with E-state index in [0.29, 0.717) is 30.9 Å². The number of amides is 1. The van der Waals surface area contributed by atoms with Gasteiger partial charge in [-0.2, -0.15) is 0 Å². The van der Waals surface area contributed by atoms with E-state index in [9.17, 15) is 14.7 Å². The van der Waals surface area contributed by atoms with Crippen LogP contribution in [0.3, 0.4) is 0 Å². The van der Waals surface area contributed by atoms with Gasteiger partial charge >= 0.3 is 5.69 Å². The summed E-state index contributed by atoms with van der Waals surface area (Å²) in [6.45, 7) is 6.02. The van der Waals surface area contributed by atoms with E-state index in [1.165, 1.54) is 0 Å². The highest BCUT2D eigenvalue weighted by atomic mass is 16.3. The van der Waals surface area contributed by atoms with Crippen LogP contribution in [-0.2, 0) is 4.79 Å². The summed E-state index contributed by atoms with van der Waals surface area (Å²) in [6, 6.07) is 11.4. The highest BCUT2D eigenvalue weighted by molar-refractivity contribution is 6.08. The number of likely N-dealkylation sites (tertiary alicyclic amines) is 1. The fraction of sp³-hybridized carbons (Fsp3) is 0.346. The topological polar surface area (TPSA) is 133 Å². The van der Waals surface area contributed by atoms with Crippen LogP contribution >= 0.6 is 0 Å². The van der Waals surface area contributed by atoms with Crippen LogP contribution in [0.25, 0.3) is 11.2 Å². The molecule has 0 radical (unpaired) electrons. The van der Waals surface area contributed by atoms with Crippen molar-refractivity contribution in [2.24, 2.45) is 5.73 Å². The van der Waals surface area contributed by atoms with Crippen molar-refractivity contribution >= 4 is 22.8 Å². The van der Waals surface area contributed by atoms with E-state index in [4.69, 9.17) is 5.73 Å². The van der Waals surface area contributed by atoms with Gasteiger partial charge in [-0.1, -0.05) is 24.8 Å². The predicted octanol–water partition coefficient (Wildman–Crippen LogP) is 1.39. The summed E-state index contributed by atoms with van der Waals surface area (Å²) in [4.78, 5) is 36.8. The van der Waals surface area contributed by atoms with Gasteiger partial charge in [-0.05, 0) is 42.7 Å². The number of aromatic nitrogens is 3. The molecule has 0 aliphatic carbocycles. The van der Waals surface area contributed by atoms with Crippen LogP contribution in [0.4, 0.5) is 5.69 Å². The molecule has 0 bridgehead atoms. The van der Waals surface area contributed by atoms with E-state index >= 15 is 0 Å². The highest BCUT2D eigenvalue weighted by Gasteiger charge is 2.32. The monoisotopic (exact) mass is 489 g/mol. The van der Waals surface area contributed by atoms with E-state index in [2.05, 4.69) is 26.8 Å². The van der Waals surface area contributed by atoms with Crippen molar-refractivity contribution in [2.45, 2.75) is 24.8 Å². The summed E-state index contributed by atoms with van der Waals surface area (Å²) in [6.07, 6.45) is 4.92. The quantitative estimate of drug-likeness (QED) is 0.224. The number of aliphatic hydroxyl groups excluding tert-OH is 1. The number of hydrogen-bond donors (Lipinski definition) is 4. The number of aliphatic hydroxyl groups is 1. The third kappa shape index (κ3) is 4.29. The van der Waals surface area contributed by atoms with Gasteiger partial charge in [-0.25, -0.2) is 9.78 Å². The Bertz CT molecular complexity index is 1370. The number of benzene rings is 1. The molecule has 1 fully saturated rings. The van der Waals surface area contributed by atoms with Gasteiger partial charge in [0.25, 0.3) is 5.91 Å². The fourth-order valence-electron chi connectivity index (χ4n) is 5.29. The van der Waals surface area contributed by atoms with E-state index in [1.54, 1.807) is 21.7 Å². The van der Waals surface area contributed by atoms with E-state index in [-0.39, 0.29) is 36.8 Å². The van der Waals surface area contributed by atoms with Gasteiger partial charge in [-0.15, -0.1) is 0 Å². The van der Waals surface area contributed by atoms with Gasteiger partial charge in [0, 0.05) is 49.1 Å². The summed E-state index contributed by atoms with van der Waals surface area (Å²) >= 11 is 0. The van der Waals surface area contributed by atoms with Crippen LogP contribution in [0.15, 0.2) is 71.4 Å². The highest BCUT2D eigenvalue weighted by Crippen LogP contribution is 2.36. The van der Waals surface area contributed by atoms with Crippen LogP contribution in [0.5, 0.6) is 0 Å². The number of aromatic amines is 1. The van der Waals surface area contributed by atoms with E-state index in [0.717, 1.165) is 35.4 Å². The minimum Gasteiger partial charge on any atom is -0.396 e. The SMILES string of the molecule is C=C(/C=C(\NCN)N1CCC(n2c(=O)[nH]c3ncccc32)CC1)C(=O)N1CC(CO)c2ccccc21. The molecule has 0 saturated carbocycles. The first-order valence-electron chi connectivity index (χ1n) is 12.2. The van der Waals surface area contributed by atoms with Crippen molar-refractivity contribution < 1.29 is 9.90 Å². The number of pyridine rings is 1. The van der Waals surface area contributed by atoms with E-state index in [1.807, 2.05) is 36.4 Å². The predicted molar refractivity (Wildman–Crippen MR) is 138 cm³/mol. The van der Waals surface area contributed by atoms with Gasteiger partial charge in [0.15, 0.2) is 5.65 Å². The van der Waals surface area contributed by atoms with Gasteiger partial charge in [0.2, 0.25) is 0 Å². The number of carbonyl (C=O) groups is 1. The summed E-state index contributed by atoms with van der Waals surface area (Å²) in [5.41, 5.74) is 9.17. The molecule has 1 saturated heterocycles. The second kappa shape index (κ2) is 10.00. The maximum Gasteiger partial charge on any atom is 0.327 e. The number of fused-ring (bicyclic) bond motifs is 2. The second-order valence-electron chi connectivity index (χ2n) is 9.18. The molecule has 10 heteroatoms. The maximum atomic E-state index is 13.3. The molecular formula is C26H31N7O3. The molecule has 36 heavy (non-hydrogen) atoms. The number of nitrogens with two attached hydrogens (primary N) is 1. The Kier molecular flexibility index (Phi) is 6.62. The fourth-order valence-corrected chi connectivity index (χ4v) is 5.29. The summed E-state index contributed by atoms with van der Waals surface area (Å²) in [5.74, 6) is 0.418. The lowest BCUT2D eigenvalue weighted by molar-refractivity contribution is -0.114. The first-order valence-corrected chi connectivity index (χ1v) is 12.2. The Morgan fingerprint density at radius 2 is 2.03 bits per heavy atom. The standard InChI is InChI=1S/C26H31N7O3/c1-17(25(35)32-14-18(15-34)20-5-2-3-6-21(20)32)13-23(29-16-27)31-11-8-19(9-12-31)33-22-7-4-10-28-24(22)30-26(33)36/h2-7,10,13,18-19,29,34H,1,8-9,11-12,14-16,27H2,(H,28,30,36)/b23-13+. The molecular weight excluding hydrogens is 458 g/mol. The number of piperidine rings is 1. The molecule has 0 spiro atoms. The molecule has 2 aromatic heterocycles. The number of rotatable bonds is 7. The summed E-state index contributed by atoms with van der Waals surface area (Å²) in [5, 5.41) is 12.9. The second-order valence-corrected chi connectivity index (χ2v) is 9.18. The van der Waals surface area contributed by atoms with Crippen molar-refractivity contribution in [3.05, 3.63) is 82.7 Å². The molecule has 2 aliphatic rings. The van der Waals surface area contributed by atoms with Gasteiger partial charge in [0.1, 0.15) is 5.82 Å². The molecule has 1 aromatic carbocycles. The molecule has 1 amide bonds. The number of H-pyrrole nitrogens is 1. The Balaban J connectivity index is 1.31. The number of nitrogens with zero attached hydrogens (tertiary/aromatic N) is 4. The third-order valence-electron chi connectivity index (χ3n) is 7.07. The molecule has 188 valence electrons. The van der Waals surface area contributed by atoms with Crippen LogP contribution in [0.1, 0.15) is 30.4 Å². The minimum absolute atomic E-state index is 0.0202. The average Bonchev–Trinajstić information content (AvgIpc) is 3.45. The third-order valence-corrected chi connectivity index (χ3v) is 7.07. The van der Waals surface area contributed by atoms with Crippen molar-refractivity contribution in [2.75, 3.05) is 37.8 Å². The molecule has 10 nitrogen and oxygen atoms in total. The number of nitrogens with one attached hydrogen (secondary N) is 2. The van der Waals surface area contributed by atoms with E-state index < -0.39 is 0 Å². The number of para-hydroxylation sites is 1. The normalized spacial score (nSPS) is 18.5. The van der Waals surface area contributed by atoms with Gasteiger partial charge < -0.3 is 26.0 Å². The first-order chi connectivity index (χ1) is 17.5. The van der Waals surface area contributed by atoms with Crippen LogP contribution in [0, 0.1) is 0 Å². The lowest BCUT2D eigenvalue weighted by atomic mass is 10.0. The average molecular weight is 490 g/mol. The minimum atomic E-state index is -0.206. The molecule has 5 rings (SSSR count). The Hall–Kier alpha value is -3.89. The molecule has 1 atom stereocenters. The zero-order valence-electron chi connectivity index (χ0n) is 20.1. The molecule has 5 N–H and O–H groups in total. The molecule has 3 aromatic rings. The lowest BCUT2D eigenvalue weighted by Crippen LogP contribution is -2.41. The summed E-state index contributed by atoms with van der Waals surface area (Å²) < 4.78 is 1.80. The number of hydrogen-bond acceptors (Lipinski definition) is 7. The Labute approximate surface area is 208 Å². The van der Waals surface area contributed by atoms with Gasteiger partial charge in [-0.3, -0.25) is 14.3 Å². The molecule has 4 heterocycles. The smallest absolute Gasteiger partial charge is 0.327 e.